The minimum atomic E-state index is -3.36. The molecule has 5 nitrogen and oxygen atoms in total. The van der Waals surface area contributed by atoms with Gasteiger partial charge in [0.2, 0.25) is 5.95 Å². The zero-order valence-electron chi connectivity index (χ0n) is 7.15. The molecule has 0 aliphatic rings. The van der Waals surface area contributed by atoms with Gasteiger partial charge in [-0.05, 0) is 0 Å². The molecular weight excluding hydrogens is 217 g/mol. The molecule has 0 saturated carbocycles. The van der Waals surface area contributed by atoms with E-state index in [0.29, 0.717) is 6.20 Å². The van der Waals surface area contributed by atoms with Crippen LogP contribution in [0.1, 0.15) is 17.6 Å². The Bertz CT molecular complexity index is 397. The second-order valence-corrected chi connectivity index (χ2v) is 2.55. The molecule has 1 N–H and O–H groups in total. The summed E-state index contributed by atoms with van der Waals surface area (Å²) in [7, 11) is 0. The highest BCUT2D eigenvalue weighted by Gasteiger charge is 2.30. The molecule has 0 amide bonds. The summed E-state index contributed by atoms with van der Waals surface area (Å²) >= 11 is 0. The van der Waals surface area contributed by atoms with E-state index in [4.69, 9.17) is 5.11 Å². The number of aliphatic hydroxyl groups excluding tert-OH is 1. The van der Waals surface area contributed by atoms with E-state index in [-0.39, 0.29) is 0 Å². The molecular formula is C7H5F3N2O3. The molecule has 1 rings (SSSR count). The predicted molar refractivity (Wildman–Crippen MR) is 41.7 cm³/mol. The molecule has 0 unspecified atom stereocenters. The highest BCUT2D eigenvalue weighted by molar-refractivity contribution is 5.46. The van der Waals surface area contributed by atoms with Crippen molar-refractivity contribution in [2.75, 3.05) is 0 Å². The normalized spacial score (nSPS) is 10.7. The standard InChI is InChI=1S/C7H5F3N2O3/c8-6(9)4-5(12(14)15)3(2-13)1-11-7(4)10/h1,6,13H,2H2. The summed E-state index contributed by atoms with van der Waals surface area (Å²) < 4.78 is 37.4. The maximum absolute atomic E-state index is 12.8. The van der Waals surface area contributed by atoms with E-state index in [0.717, 1.165) is 0 Å². The second kappa shape index (κ2) is 4.22. The fourth-order valence-electron chi connectivity index (χ4n) is 1.06. The molecule has 1 heterocycles. The Balaban J connectivity index is 3.51. The maximum atomic E-state index is 12.8. The van der Waals surface area contributed by atoms with Gasteiger partial charge in [0.25, 0.3) is 12.1 Å². The van der Waals surface area contributed by atoms with Gasteiger partial charge in [0, 0.05) is 6.20 Å². The van der Waals surface area contributed by atoms with Gasteiger partial charge >= 0.3 is 0 Å². The van der Waals surface area contributed by atoms with E-state index >= 15 is 0 Å². The minimum Gasteiger partial charge on any atom is -0.391 e. The first kappa shape index (κ1) is 11.4. The SMILES string of the molecule is O=[N+]([O-])c1c(CO)cnc(F)c1C(F)F. The third-order valence-electron chi connectivity index (χ3n) is 1.69. The molecule has 1 aromatic heterocycles. The van der Waals surface area contributed by atoms with Crippen LogP contribution in [0.3, 0.4) is 0 Å². The summed E-state index contributed by atoms with van der Waals surface area (Å²) in [5.41, 5.74) is -2.97. The Hall–Kier alpha value is -1.70. The maximum Gasteiger partial charge on any atom is 0.290 e. The zero-order valence-corrected chi connectivity index (χ0v) is 7.15. The molecule has 0 spiro atoms. The van der Waals surface area contributed by atoms with Gasteiger partial charge in [-0.2, -0.15) is 4.39 Å². The molecule has 0 fully saturated rings. The number of hydrogen-bond donors (Lipinski definition) is 1. The quantitative estimate of drug-likeness (QED) is 0.478. The highest BCUT2D eigenvalue weighted by Crippen LogP contribution is 2.32. The predicted octanol–water partition coefficient (Wildman–Crippen LogP) is 1.56. The fourth-order valence-corrected chi connectivity index (χ4v) is 1.06. The largest absolute Gasteiger partial charge is 0.391 e. The van der Waals surface area contributed by atoms with Gasteiger partial charge in [0.05, 0.1) is 17.1 Å². The van der Waals surface area contributed by atoms with E-state index in [1.165, 1.54) is 0 Å². The fraction of sp³-hybridized carbons (Fsp3) is 0.286. The zero-order chi connectivity index (χ0) is 11.6. The first-order valence-corrected chi connectivity index (χ1v) is 3.69. The van der Waals surface area contributed by atoms with Crippen molar-refractivity contribution in [2.24, 2.45) is 0 Å². The first-order chi connectivity index (χ1) is 6.99. The van der Waals surface area contributed by atoms with E-state index in [1.807, 2.05) is 0 Å². The minimum absolute atomic E-state index is 0.447. The molecule has 15 heavy (non-hydrogen) atoms. The number of aliphatic hydroxyl groups is 1. The monoisotopic (exact) mass is 222 g/mol. The Morgan fingerprint density at radius 3 is 2.60 bits per heavy atom. The topological polar surface area (TPSA) is 76.3 Å². The van der Waals surface area contributed by atoms with Crippen LogP contribution in [0, 0.1) is 16.1 Å². The Labute approximate surface area is 81.3 Å². The highest BCUT2D eigenvalue weighted by atomic mass is 19.3. The summed E-state index contributed by atoms with van der Waals surface area (Å²) in [4.78, 5) is 12.2. The van der Waals surface area contributed by atoms with Crippen molar-refractivity contribution < 1.29 is 23.2 Å². The van der Waals surface area contributed by atoms with Gasteiger partial charge in [0.1, 0.15) is 0 Å². The molecule has 0 aliphatic heterocycles. The summed E-state index contributed by atoms with van der Waals surface area (Å²) in [5.74, 6) is -1.60. The van der Waals surface area contributed by atoms with E-state index < -0.39 is 40.7 Å². The van der Waals surface area contributed by atoms with Crippen molar-refractivity contribution in [3.05, 3.63) is 33.4 Å². The average molecular weight is 222 g/mol. The number of rotatable bonds is 3. The lowest BCUT2D eigenvalue weighted by molar-refractivity contribution is -0.387. The lowest BCUT2D eigenvalue weighted by Crippen LogP contribution is -2.06. The summed E-state index contributed by atoms with van der Waals surface area (Å²) in [6.07, 6.45) is -2.70. The lowest BCUT2D eigenvalue weighted by Gasteiger charge is -2.05. The Morgan fingerprint density at radius 2 is 2.20 bits per heavy atom. The summed E-state index contributed by atoms with van der Waals surface area (Å²) in [6.45, 7) is -0.858. The van der Waals surface area contributed by atoms with Crippen LogP contribution in [0.25, 0.3) is 0 Å². The lowest BCUT2D eigenvalue weighted by atomic mass is 10.1. The van der Waals surface area contributed by atoms with Crippen molar-refractivity contribution >= 4 is 5.69 Å². The van der Waals surface area contributed by atoms with Gasteiger partial charge in [-0.15, -0.1) is 0 Å². The van der Waals surface area contributed by atoms with E-state index in [9.17, 15) is 23.3 Å². The van der Waals surface area contributed by atoms with Crippen molar-refractivity contribution in [1.82, 2.24) is 4.98 Å². The van der Waals surface area contributed by atoms with Crippen LogP contribution in [0.2, 0.25) is 0 Å². The molecule has 0 saturated heterocycles. The van der Waals surface area contributed by atoms with Crippen LogP contribution in [0.4, 0.5) is 18.9 Å². The third kappa shape index (κ3) is 2.04. The third-order valence-corrected chi connectivity index (χ3v) is 1.69. The van der Waals surface area contributed by atoms with Gasteiger partial charge in [-0.1, -0.05) is 0 Å². The van der Waals surface area contributed by atoms with Crippen LogP contribution in [0.15, 0.2) is 6.20 Å². The number of alkyl halides is 2. The van der Waals surface area contributed by atoms with Crippen LogP contribution < -0.4 is 0 Å². The first-order valence-electron chi connectivity index (χ1n) is 3.69. The van der Waals surface area contributed by atoms with Gasteiger partial charge in [-0.3, -0.25) is 10.1 Å². The van der Waals surface area contributed by atoms with E-state index in [2.05, 4.69) is 4.98 Å². The molecule has 0 bridgehead atoms. The van der Waals surface area contributed by atoms with E-state index in [1.54, 1.807) is 0 Å². The van der Waals surface area contributed by atoms with Gasteiger partial charge < -0.3 is 5.11 Å². The number of pyridine rings is 1. The summed E-state index contributed by atoms with van der Waals surface area (Å²) in [5, 5.41) is 19.1. The average Bonchev–Trinajstić information content (AvgIpc) is 2.16. The molecule has 0 radical (unpaired) electrons. The number of nitrogens with zero attached hydrogens (tertiary/aromatic N) is 2. The number of halogens is 3. The van der Waals surface area contributed by atoms with Crippen molar-refractivity contribution in [3.8, 4) is 0 Å². The van der Waals surface area contributed by atoms with Crippen LogP contribution >= 0.6 is 0 Å². The Kier molecular flexibility index (Phi) is 3.20. The van der Waals surface area contributed by atoms with Crippen LogP contribution in [-0.2, 0) is 6.61 Å². The number of hydrogen-bond acceptors (Lipinski definition) is 4. The second-order valence-electron chi connectivity index (χ2n) is 2.55. The molecule has 82 valence electrons. The molecule has 0 aliphatic carbocycles. The van der Waals surface area contributed by atoms with Gasteiger partial charge in [0.15, 0.2) is 5.56 Å². The van der Waals surface area contributed by atoms with Crippen molar-refractivity contribution in [1.29, 1.82) is 0 Å². The summed E-state index contributed by atoms with van der Waals surface area (Å²) in [6, 6.07) is 0. The molecule has 1 aromatic rings. The van der Waals surface area contributed by atoms with Crippen molar-refractivity contribution in [2.45, 2.75) is 13.0 Å². The van der Waals surface area contributed by atoms with Crippen LogP contribution in [-0.4, -0.2) is 15.0 Å². The number of aromatic nitrogens is 1. The molecule has 0 atom stereocenters. The molecule has 0 aromatic carbocycles. The van der Waals surface area contributed by atoms with Crippen molar-refractivity contribution in [3.63, 3.8) is 0 Å². The molecule has 8 heteroatoms. The van der Waals surface area contributed by atoms with Gasteiger partial charge in [-0.25, -0.2) is 13.8 Å². The number of nitro groups is 1. The smallest absolute Gasteiger partial charge is 0.290 e. The Morgan fingerprint density at radius 1 is 1.60 bits per heavy atom. The van der Waals surface area contributed by atoms with Crippen LogP contribution in [0.5, 0.6) is 0 Å².